The molecule has 2 aliphatic rings. The number of likely N-dealkylation sites (N-methyl/N-ethyl adjacent to an activating group) is 1. The molecule has 6 nitrogen and oxygen atoms in total. The molecular formula is C15H22N4O2. The maximum absolute atomic E-state index is 11.5. The molecule has 0 aromatic heterocycles. The monoisotopic (exact) mass is 290 g/mol. The van der Waals surface area contributed by atoms with Crippen molar-refractivity contribution < 1.29 is 9.53 Å². The van der Waals surface area contributed by atoms with Gasteiger partial charge in [-0.15, -0.1) is 0 Å². The van der Waals surface area contributed by atoms with E-state index in [1.165, 1.54) is 0 Å². The molecule has 2 heterocycles. The van der Waals surface area contributed by atoms with E-state index >= 15 is 0 Å². The molecule has 0 bridgehead atoms. The van der Waals surface area contributed by atoms with Crippen molar-refractivity contribution in [3.63, 3.8) is 0 Å². The first-order valence-electron chi connectivity index (χ1n) is 7.36. The highest BCUT2D eigenvalue weighted by molar-refractivity contribution is 5.97. The summed E-state index contributed by atoms with van der Waals surface area (Å²) in [6, 6.07) is 4.12. The van der Waals surface area contributed by atoms with E-state index in [1.54, 1.807) is 0 Å². The molecule has 0 radical (unpaired) electrons. The quantitative estimate of drug-likeness (QED) is 0.759. The maximum atomic E-state index is 11.5. The predicted molar refractivity (Wildman–Crippen MR) is 83.9 cm³/mol. The number of fused-ring (bicyclic) bond motifs is 1. The summed E-state index contributed by atoms with van der Waals surface area (Å²) in [5.41, 5.74) is 8.59. The second-order valence-corrected chi connectivity index (χ2v) is 5.90. The van der Waals surface area contributed by atoms with Gasteiger partial charge in [0.05, 0.1) is 17.1 Å². The fourth-order valence-corrected chi connectivity index (χ4v) is 3.11. The molecule has 1 unspecified atom stereocenters. The highest BCUT2D eigenvalue weighted by Gasteiger charge is 2.24. The summed E-state index contributed by atoms with van der Waals surface area (Å²) in [5, 5.41) is 2.85. The topological polar surface area (TPSA) is 70.8 Å². The minimum Gasteiger partial charge on any atom is -0.482 e. The molecule has 1 aromatic carbocycles. The van der Waals surface area contributed by atoms with Gasteiger partial charge in [0.2, 0.25) is 0 Å². The lowest BCUT2D eigenvalue weighted by molar-refractivity contribution is -0.118. The number of ether oxygens (including phenoxy) is 1. The summed E-state index contributed by atoms with van der Waals surface area (Å²) >= 11 is 0. The zero-order valence-corrected chi connectivity index (χ0v) is 12.6. The first kappa shape index (κ1) is 14.0. The van der Waals surface area contributed by atoms with E-state index in [-0.39, 0.29) is 12.5 Å². The van der Waals surface area contributed by atoms with Gasteiger partial charge in [-0.1, -0.05) is 0 Å². The normalized spacial score (nSPS) is 23.0. The molecule has 3 N–H and O–H groups in total. The Bertz CT molecular complexity index is 561. The van der Waals surface area contributed by atoms with Crippen LogP contribution in [0, 0.1) is 0 Å². The fraction of sp³-hybridized carbons (Fsp3) is 0.533. The van der Waals surface area contributed by atoms with Crippen molar-refractivity contribution in [3.8, 4) is 5.75 Å². The largest absolute Gasteiger partial charge is 0.482 e. The van der Waals surface area contributed by atoms with Gasteiger partial charge in [0, 0.05) is 25.2 Å². The molecule has 21 heavy (non-hydrogen) atoms. The van der Waals surface area contributed by atoms with Gasteiger partial charge in [0.25, 0.3) is 5.91 Å². The summed E-state index contributed by atoms with van der Waals surface area (Å²) in [5.74, 6) is 0.525. The Morgan fingerprint density at radius 2 is 2.19 bits per heavy atom. The third kappa shape index (κ3) is 2.76. The standard InChI is InChI=1S/C15H22N4O2/c1-10-8-18(2)4-3-5-19(10)13-7-12-14(6-11(13)16)21-9-15(20)17-12/h6-7,10H,3-5,8-9,16H2,1-2H3,(H,17,20). The van der Waals surface area contributed by atoms with Gasteiger partial charge >= 0.3 is 0 Å². The third-order valence-corrected chi connectivity index (χ3v) is 4.12. The van der Waals surface area contributed by atoms with E-state index in [4.69, 9.17) is 10.5 Å². The summed E-state index contributed by atoms with van der Waals surface area (Å²) < 4.78 is 5.41. The molecule has 0 saturated carbocycles. The average molecular weight is 290 g/mol. The molecule has 0 aliphatic carbocycles. The maximum Gasteiger partial charge on any atom is 0.262 e. The highest BCUT2D eigenvalue weighted by Crippen LogP contribution is 2.38. The van der Waals surface area contributed by atoms with Gasteiger partial charge in [-0.05, 0) is 33.0 Å². The Hall–Kier alpha value is -1.95. The Kier molecular flexibility index (Phi) is 3.63. The first-order valence-corrected chi connectivity index (χ1v) is 7.36. The molecule has 114 valence electrons. The number of anilines is 3. The Morgan fingerprint density at radius 3 is 3.00 bits per heavy atom. The number of nitrogens with zero attached hydrogens (tertiary/aromatic N) is 2. The number of amides is 1. The molecule has 1 fully saturated rings. The van der Waals surface area contributed by atoms with E-state index in [2.05, 4.69) is 29.1 Å². The number of nitrogens with two attached hydrogens (primary N) is 1. The Morgan fingerprint density at radius 1 is 1.38 bits per heavy atom. The van der Waals surface area contributed by atoms with E-state index < -0.39 is 0 Å². The van der Waals surface area contributed by atoms with E-state index in [0.29, 0.717) is 23.2 Å². The van der Waals surface area contributed by atoms with Gasteiger partial charge in [0.1, 0.15) is 5.75 Å². The van der Waals surface area contributed by atoms with Crippen LogP contribution in [0.2, 0.25) is 0 Å². The SMILES string of the molecule is CC1CN(C)CCCN1c1cc2c(cc1N)OCC(=O)N2. The van der Waals surface area contributed by atoms with Crippen molar-refractivity contribution in [2.24, 2.45) is 0 Å². The van der Waals surface area contributed by atoms with Crippen LogP contribution in [0.3, 0.4) is 0 Å². The molecule has 2 aliphatic heterocycles. The van der Waals surface area contributed by atoms with Gasteiger partial charge in [-0.3, -0.25) is 4.79 Å². The van der Waals surface area contributed by atoms with Crippen molar-refractivity contribution in [1.29, 1.82) is 0 Å². The number of nitrogens with one attached hydrogen (secondary N) is 1. The summed E-state index contributed by atoms with van der Waals surface area (Å²) in [7, 11) is 2.14. The van der Waals surface area contributed by atoms with Crippen LogP contribution in [-0.2, 0) is 4.79 Å². The molecule has 6 heteroatoms. The smallest absolute Gasteiger partial charge is 0.262 e. The number of hydrogen-bond donors (Lipinski definition) is 2. The number of hydrogen-bond acceptors (Lipinski definition) is 5. The molecule has 1 aromatic rings. The Labute approximate surface area is 124 Å². The van der Waals surface area contributed by atoms with Crippen LogP contribution in [0.25, 0.3) is 0 Å². The molecule has 0 spiro atoms. The number of carbonyl (C=O) groups is 1. The molecule has 1 atom stereocenters. The third-order valence-electron chi connectivity index (χ3n) is 4.12. The van der Waals surface area contributed by atoms with Crippen molar-refractivity contribution in [2.75, 3.05) is 49.2 Å². The Balaban J connectivity index is 1.94. The summed E-state index contributed by atoms with van der Waals surface area (Å²) in [4.78, 5) is 16.1. The van der Waals surface area contributed by atoms with E-state index in [0.717, 1.165) is 31.7 Å². The van der Waals surface area contributed by atoms with Crippen LogP contribution >= 0.6 is 0 Å². The van der Waals surface area contributed by atoms with Gasteiger partial charge in [-0.2, -0.15) is 0 Å². The van der Waals surface area contributed by atoms with E-state index in [1.807, 2.05) is 12.1 Å². The summed E-state index contributed by atoms with van der Waals surface area (Å²) in [6.45, 7) is 5.31. The van der Waals surface area contributed by atoms with Crippen molar-refractivity contribution in [2.45, 2.75) is 19.4 Å². The van der Waals surface area contributed by atoms with Crippen LogP contribution < -0.4 is 20.7 Å². The molecule has 1 saturated heterocycles. The molecule has 1 amide bonds. The van der Waals surface area contributed by atoms with Crippen molar-refractivity contribution in [1.82, 2.24) is 4.90 Å². The van der Waals surface area contributed by atoms with Crippen molar-refractivity contribution in [3.05, 3.63) is 12.1 Å². The summed E-state index contributed by atoms with van der Waals surface area (Å²) in [6.07, 6.45) is 1.10. The van der Waals surface area contributed by atoms with Crippen molar-refractivity contribution >= 4 is 23.0 Å². The fourth-order valence-electron chi connectivity index (χ4n) is 3.11. The minimum atomic E-state index is -0.123. The zero-order chi connectivity index (χ0) is 15.0. The van der Waals surface area contributed by atoms with E-state index in [9.17, 15) is 4.79 Å². The lowest BCUT2D eigenvalue weighted by Crippen LogP contribution is -2.38. The highest BCUT2D eigenvalue weighted by atomic mass is 16.5. The van der Waals surface area contributed by atoms with Crippen LogP contribution in [0.15, 0.2) is 12.1 Å². The van der Waals surface area contributed by atoms with Gasteiger partial charge in [0.15, 0.2) is 6.61 Å². The average Bonchev–Trinajstić information content (AvgIpc) is 2.59. The number of nitrogen functional groups attached to an aromatic ring is 1. The van der Waals surface area contributed by atoms with Crippen LogP contribution in [0.4, 0.5) is 17.1 Å². The zero-order valence-electron chi connectivity index (χ0n) is 12.6. The molecule has 3 rings (SSSR count). The second kappa shape index (κ2) is 5.44. The van der Waals surface area contributed by atoms with Crippen LogP contribution in [0.5, 0.6) is 5.75 Å². The minimum absolute atomic E-state index is 0.0523. The van der Waals surface area contributed by atoms with Gasteiger partial charge in [-0.25, -0.2) is 0 Å². The lowest BCUT2D eigenvalue weighted by atomic mass is 10.1. The number of rotatable bonds is 1. The molecular weight excluding hydrogens is 268 g/mol. The van der Waals surface area contributed by atoms with Gasteiger partial charge < -0.3 is 25.6 Å². The second-order valence-electron chi connectivity index (χ2n) is 5.90. The first-order chi connectivity index (χ1) is 10.0. The number of carbonyl (C=O) groups excluding carboxylic acids is 1. The predicted octanol–water partition coefficient (Wildman–Crippen LogP) is 1.13. The lowest BCUT2D eigenvalue weighted by Gasteiger charge is -2.32. The van der Waals surface area contributed by atoms with Crippen LogP contribution in [-0.4, -0.2) is 50.1 Å². The number of benzene rings is 1. The van der Waals surface area contributed by atoms with Crippen LogP contribution in [0.1, 0.15) is 13.3 Å².